The number of aryl methyl sites for hydroxylation is 1. The molecule has 3 N–H and O–H groups in total. The number of hydrogen-bond donors (Lipinski definition) is 2. The van der Waals surface area contributed by atoms with Crippen molar-refractivity contribution < 1.29 is 0 Å². The second-order valence-electron chi connectivity index (χ2n) is 3.97. The van der Waals surface area contributed by atoms with Crippen LogP contribution in [0.25, 0.3) is 0 Å². The Kier molecular flexibility index (Phi) is 5.63. The Balaban J connectivity index is 2.66. The number of thiocarbonyl (C=S) groups is 1. The summed E-state index contributed by atoms with van der Waals surface area (Å²) < 4.78 is 0. The lowest BCUT2D eigenvalue weighted by Gasteiger charge is -2.04. The minimum absolute atomic E-state index is 0.184. The van der Waals surface area contributed by atoms with E-state index in [1.54, 1.807) is 0 Å². The lowest BCUT2D eigenvalue weighted by molar-refractivity contribution is 0.795. The molecule has 0 amide bonds. The maximum Gasteiger partial charge on any atom is 0.184 e. The quantitative estimate of drug-likeness (QED) is 0.479. The van der Waals surface area contributed by atoms with E-state index in [1.165, 1.54) is 18.4 Å². The van der Waals surface area contributed by atoms with Gasteiger partial charge in [-0.3, -0.25) is 5.43 Å². The predicted molar refractivity (Wildman–Crippen MR) is 77.2 cm³/mol. The second-order valence-corrected chi connectivity index (χ2v) is 4.41. The summed E-state index contributed by atoms with van der Waals surface area (Å²) in [5.74, 6) is 0. The van der Waals surface area contributed by atoms with Gasteiger partial charge in [-0.25, -0.2) is 0 Å². The molecule has 3 nitrogen and oxygen atoms in total. The Hall–Kier alpha value is -1.42. The summed E-state index contributed by atoms with van der Waals surface area (Å²) in [5, 5.41) is 4.27. The number of benzene rings is 1. The Morgan fingerprint density at radius 2 is 2.00 bits per heavy atom. The highest BCUT2D eigenvalue weighted by atomic mass is 32.1. The molecule has 1 aromatic rings. The smallest absolute Gasteiger partial charge is 0.184 e. The molecule has 0 saturated heterocycles. The van der Waals surface area contributed by atoms with E-state index in [0.717, 1.165) is 17.7 Å². The van der Waals surface area contributed by atoms with Crippen LogP contribution in [0.4, 0.5) is 0 Å². The zero-order valence-corrected chi connectivity index (χ0v) is 11.2. The van der Waals surface area contributed by atoms with Crippen molar-refractivity contribution in [2.24, 2.45) is 10.8 Å². The van der Waals surface area contributed by atoms with Crippen LogP contribution >= 0.6 is 12.2 Å². The van der Waals surface area contributed by atoms with Crippen molar-refractivity contribution >= 4 is 23.0 Å². The van der Waals surface area contributed by atoms with Gasteiger partial charge in [0, 0.05) is 0 Å². The summed E-state index contributed by atoms with van der Waals surface area (Å²) in [7, 11) is 0. The third-order valence-electron chi connectivity index (χ3n) is 2.52. The normalized spacial score (nSPS) is 11.3. The standard InChI is InChI=1S/C13H19N3S/c1-3-4-5-11-6-8-12(9-7-11)10(2)15-16-13(14)17/h6-9H,3-5H2,1-2H3,(H3,14,16,17)/b15-10+. The molecule has 0 unspecified atom stereocenters. The monoisotopic (exact) mass is 249 g/mol. The molecule has 0 aromatic heterocycles. The van der Waals surface area contributed by atoms with Crippen LogP contribution in [0.3, 0.4) is 0 Å². The lowest BCUT2D eigenvalue weighted by atomic mass is 10.0. The molecule has 0 atom stereocenters. The maximum atomic E-state index is 5.31. The molecule has 0 aliphatic rings. The SMILES string of the molecule is CCCCc1ccc(/C(C)=N/NC(N)=S)cc1. The molecule has 4 heteroatoms. The van der Waals surface area contributed by atoms with Gasteiger partial charge in [-0.2, -0.15) is 5.10 Å². The molecule has 0 heterocycles. The molecular weight excluding hydrogens is 230 g/mol. The van der Waals surface area contributed by atoms with Crippen molar-refractivity contribution in [3.05, 3.63) is 35.4 Å². The zero-order chi connectivity index (χ0) is 12.7. The number of unbranched alkanes of at least 4 members (excludes halogenated alkanes) is 1. The van der Waals surface area contributed by atoms with Crippen molar-refractivity contribution in [3.8, 4) is 0 Å². The zero-order valence-electron chi connectivity index (χ0n) is 10.4. The van der Waals surface area contributed by atoms with Gasteiger partial charge in [0.25, 0.3) is 0 Å². The number of hydrogen-bond acceptors (Lipinski definition) is 2. The molecular formula is C13H19N3S. The first kappa shape index (κ1) is 13.6. The number of rotatable bonds is 5. The van der Waals surface area contributed by atoms with Gasteiger partial charge in [0.05, 0.1) is 5.71 Å². The summed E-state index contributed by atoms with van der Waals surface area (Å²) in [6, 6.07) is 8.44. The van der Waals surface area contributed by atoms with Gasteiger partial charge < -0.3 is 5.73 Å². The van der Waals surface area contributed by atoms with Crippen molar-refractivity contribution in [2.45, 2.75) is 33.1 Å². The first-order chi connectivity index (χ1) is 8.13. The fourth-order valence-corrected chi connectivity index (χ4v) is 1.54. The molecule has 0 aliphatic heterocycles. The lowest BCUT2D eigenvalue weighted by Crippen LogP contribution is -2.25. The van der Waals surface area contributed by atoms with Crippen LogP contribution in [-0.4, -0.2) is 10.8 Å². The molecule has 17 heavy (non-hydrogen) atoms. The van der Waals surface area contributed by atoms with E-state index in [-0.39, 0.29) is 5.11 Å². The van der Waals surface area contributed by atoms with Crippen LogP contribution in [-0.2, 0) is 6.42 Å². The molecule has 0 bridgehead atoms. The molecule has 1 aromatic carbocycles. The van der Waals surface area contributed by atoms with Crippen molar-refractivity contribution in [3.63, 3.8) is 0 Å². The van der Waals surface area contributed by atoms with E-state index >= 15 is 0 Å². The molecule has 0 saturated carbocycles. The largest absolute Gasteiger partial charge is 0.375 e. The van der Waals surface area contributed by atoms with E-state index in [2.05, 4.69) is 41.7 Å². The van der Waals surface area contributed by atoms with E-state index < -0.39 is 0 Å². The van der Waals surface area contributed by atoms with Crippen LogP contribution in [0, 0.1) is 0 Å². The van der Waals surface area contributed by atoms with E-state index in [9.17, 15) is 0 Å². The van der Waals surface area contributed by atoms with Crippen LogP contribution in [0.1, 0.15) is 37.8 Å². The van der Waals surface area contributed by atoms with Crippen molar-refractivity contribution in [1.82, 2.24) is 5.43 Å². The topological polar surface area (TPSA) is 50.4 Å². The van der Waals surface area contributed by atoms with Crippen LogP contribution < -0.4 is 11.2 Å². The first-order valence-corrected chi connectivity index (χ1v) is 6.23. The predicted octanol–water partition coefficient (Wildman–Crippen LogP) is 2.59. The van der Waals surface area contributed by atoms with Crippen LogP contribution in [0.2, 0.25) is 0 Å². The Morgan fingerprint density at radius 1 is 1.35 bits per heavy atom. The molecule has 0 spiro atoms. The van der Waals surface area contributed by atoms with Gasteiger partial charge in [0.2, 0.25) is 0 Å². The van der Waals surface area contributed by atoms with Gasteiger partial charge in [-0.1, -0.05) is 37.6 Å². The van der Waals surface area contributed by atoms with Gasteiger partial charge in [0.15, 0.2) is 5.11 Å². The minimum atomic E-state index is 0.184. The van der Waals surface area contributed by atoms with Gasteiger partial charge >= 0.3 is 0 Å². The minimum Gasteiger partial charge on any atom is -0.375 e. The van der Waals surface area contributed by atoms with Gasteiger partial charge in [0.1, 0.15) is 0 Å². The Morgan fingerprint density at radius 3 is 2.53 bits per heavy atom. The average molecular weight is 249 g/mol. The summed E-state index contributed by atoms with van der Waals surface area (Å²) in [5.41, 5.74) is 11.2. The highest BCUT2D eigenvalue weighted by Gasteiger charge is 1.98. The molecule has 0 fully saturated rings. The summed E-state index contributed by atoms with van der Waals surface area (Å²) >= 11 is 4.69. The maximum absolute atomic E-state index is 5.31. The fourth-order valence-electron chi connectivity index (χ4n) is 1.50. The second kappa shape index (κ2) is 7.01. The third-order valence-corrected chi connectivity index (χ3v) is 2.62. The third kappa shape index (κ3) is 4.95. The van der Waals surface area contributed by atoms with E-state index in [1.807, 2.05) is 6.92 Å². The summed E-state index contributed by atoms with van der Waals surface area (Å²) in [4.78, 5) is 0. The van der Waals surface area contributed by atoms with E-state index in [4.69, 9.17) is 18.0 Å². The van der Waals surface area contributed by atoms with E-state index in [0.29, 0.717) is 0 Å². The van der Waals surface area contributed by atoms with Gasteiger partial charge in [-0.15, -0.1) is 0 Å². The van der Waals surface area contributed by atoms with Crippen LogP contribution in [0.5, 0.6) is 0 Å². The highest BCUT2D eigenvalue weighted by Crippen LogP contribution is 2.08. The molecule has 1 rings (SSSR count). The fraction of sp³-hybridized carbons (Fsp3) is 0.385. The van der Waals surface area contributed by atoms with Gasteiger partial charge in [-0.05, 0) is 43.1 Å². The summed E-state index contributed by atoms with van der Waals surface area (Å²) in [6.07, 6.45) is 3.59. The first-order valence-electron chi connectivity index (χ1n) is 5.82. The average Bonchev–Trinajstić information content (AvgIpc) is 2.34. The summed E-state index contributed by atoms with van der Waals surface area (Å²) in [6.45, 7) is 4.12. The molecule has 92 valence electrons. The number of nitrogens with one attached hydrogen (secondary N) is 1. The number of nitrogens with zero attached hydrogens (tertiary/aromatic N) is 1. The Labute approximate surface area is 108 Å². The highest BCUT2D eigenvalue weighted by molar-refractivity contribution is 7.80. The molecule has 0 radical (unpaired) electrons. The van der Waals surface area contributed by atoms with Crippen molar-refractivity contribution in [1.29, 1.82) is 0 Å². The Bertz CT molecular complexity index is 396. The number of hydrazone groups is 1. The number of nitrogens with two attached hydrogens (primary N) is 1. The van der Waals surface area contributed by atoms with Crippen LogP contribution in [0.15, 0.2) is 29.4 Å². The molecule has 0 aliphatic carbocycles. The van der Waals surface area contributed by atoms with Crippen molar-refractivity contribution in [2.75, 3.05) is 0 Å².